The highest BCUT2D eigenvalue weighted by Crippen LogP contribution is 2.24. The summed E-state index contributed by atoms with van der Waals surface area (Å²) in [6.45, 7) is 0.968. The lowest BCUT2D eigenvalue weighted by molar-refractivity contribution is -0.159. The van der Waals surface area contributed by atoms with Crippen LogP contribution in [0.1, 0.15) is 18.9 Å². The van der Waals surface area contributed by atoms with Gasteiger partial charge in [0.15, 0.2) is 0 Å². The number of hydrogen-bond donors (Lipinski definition) is 0. The van der Waals surface area contributed by atoms with Crippen LogP contribution in [0.4, 0.5) is 13.2 Å². The SMILES string of the molecule is COc1ccc(CC(C)N(C)C2CCN(CC(F)(F)F)C2=O)cc1. The fourth-order valence-corrected chi connectivity index (χ4v) is 3.03. The number of carbonyl (C=O) groups excluding carboxylic acids is 1. The maximum atomic E-state index is 12.5. The molecule has 1 aromatic rings. The Bertz CT molecular complexity index is 560. The fourth-order valence-electron chi connectivity index (χ4n) is 3.03. The molecule has 2 atom stereocenters. The number of ether oxygens (including phenoxy) is 1. The van der Waals surface area contributed by atoms with E-state index in [2.05, 4.69) is 0 Å². The van der Waals surface area contributed by atoms with Crippen molar-refractivity contribution in [2.24, 2.45) is 0 Å². The zero-order valence-corrected chi connectivity index (χ0v) is 14.1. The van der Waals surface area contributed by atoms with E-state index in [-0.39, 0.29) is 12.6 Å². The Morgan fingerprint density at radius 3 is 2.50 bits per heavy atom. The smallest absolute Gasteiger partial charge is 0.406 e. The van der Waals surface area contributed by atoms with Gasteiger partial charge in [-0.1, -0.05) is 12.1 Å². The molecule has 7 heteroatoms. The topological polar surface area (TPSA) is 32.8 Å². The first-order valence-corrected chi connectivity index (χ1v) is 7.91. The Balaban J connectivity index is 1.95. The molecule has 0 aromatic heterocycles. The number of halogens is 3. The molecule has 2 unspecified atom stereocenters. The summed E-state index contributed by atoms with van der Waals surface area (Å²) in [5.41, 5.74) is 1.09. The van der Waals surface area contributed by atoms with Crippen molar-refractivity contribution in [1.82, 2.24) is 9.80 Å². The van der Waals surface area contributed by atoms with Crippen LogP contribution in [0.2, 0.25) is 0 Å². The number of methoxy groups -OCH3 is 1. The van der Waals surface area contributed by atoms with Gasteiger partial charge in [0.2, 0.25) is 5.91 Å². The second kappa shape index (κ2) is 7.42. The molecular formula is C17H23F3N2O2. The Kier molecular flexibility index (Phi) is 5.74. The van der Waals surface area contributed by atoms with Crippen LogP contribution in [0.25, 0.3) is 0 Å². The van der Waals surface area contributed by atoms with E-state index in [1.165, 1.54) is 0 Å². The summed E-state index contributed by atoms with van der Waals surface area (Å²) in [5, 5.41) is 0. The molecule has 0 bridgehead atoms. The first kappa shape index (κ1) is 18.6. The van der Waals surface area contributed by atoms with Crippen molar-refractivity contribution in [2.75, 3.05) is 27.2 Å². The van der Waals surface area contributed by atoms with Gasteiger partial charge in [0, 0.05) is 12.6 Å². The van der Waals surface area contributed by atoms with Crippen molar-refractivity contribution in [2.45, 2.75) is 38.0 Å². The van der Waals surface area contributed by atoms with Crippen LogP contribution in [-0.4, -0.2) is 61.2 Å². The van der Waals surface area contributed by atoms with Crippen LogP contribution in [0.3, 0.4) is 0 Å². The van der Waals surface area contributed by atoms with Gasteiger partial charge >= 0.3 is 6.18 Å². The summed E-state index contributed by atoms with van der Waals surface area (Å²) < 4.78 is 42.6. The van der Waals surface area contributed by atoms with Gasteiger partial charge in [0.05, 0.1) is 13.2 Å². The van der Waals surface area contributed by atoms with Gasteiger partial charge in [-0.05, 0) is 44.5 Å². The van der Waals surface area contributed by atoms with Crippen LogP contribution < -0.4 is 4.74 Å². The molecular weight excluding hydrogens is 321 g/mol. The van der Waals surface area contributed by atoms with Gasteiger partial charge in [-0.2, -0.15) is 13.2 Å². The highest BCUT2D eigenvalue weighted by Gasteiger charge is 2.41. The van der Waals surface area contributed by atoms with E-state index in [0.717, 1.165) is 16.2 Å². The predicted molar refractivity (Wildman–Crippen MR) is 85.0 cm³/mol. The summed E-state index contributed by atoms with van der Waals surface area (Å²) in [4.78, 5) is 15.0. The van der Waals surface area contributed by atoms with E-state index in [1.807, 2.05) is 36.1 Å². The number of amides is 1. The Morgan fingerprint density at radius 1 is 1.33 bits per heavy atom. The molecule has 24 heavy (non-hydrogen) atoms. The maximum absolute atomic E-state index is 12.5. The largest absolute Gasteiger partial charge is 0.497 e. The lowest BCUT2D eigenvalue weighted by Gasteiger charge is -2.30. The Hall–Kier alpha value is -1.76. The van der Waals surface area contributed by atoms with E-state index in [9.17, 15) is 18.0 Å². The Labute approximate surface area is 140 Å². The minimum atomic E-state index is -4.35. The van der Waals surface area contributed by atoms with Crippen LogP contribution in [-0.2, 0) is 11.2 Å². The third-order valence-electron chi connectivity index (χ3n) is 4.52. The molecule has 2 rings (SSSR count). The number of rotatable bonds is 6. The number of benzene rings is 1. The van der Waals surface area contributed by atoms with Crippen molar-refractivity contribution in [3.05, 3.63) is 29.8 Å². The van der Waals surface area contributed by atoms with Gasteiger partial charge in [-0.3, -0.25) is 9.69 Å². The maximum Gasteiger partial charge on any atom is 0.406 e. The molecule has 1 fully saturated rings. The second-order valence-electron chi connectivity index (χ2n) is 6.25. The molecule has 1 aliphatic rings. The van der Waals surface area contributed by atoms with Crippen LogP contribution in [0.5, 0.6) is 5.75 Å². The number of nitrogens with zero attached hydrogens (tertiary/aromatic N) is 2. The lowest BCUT2D eigenvalue weighted by Crippen LogP contribution is -2.46. The van der Waals surface area contributed by atoms with Crippen molar-refractivity contribution < 1.29 is 22.7 Å². The molecule has 1 saturated heterocycles. The van der Waals surface area contributed by atoms with E-state index < -0.39 is 24.7 Å². The average Bonchev–Trinajstić information content (AvgIpc) is 2.86. The fraction of sp³-hybridized carbons (Fsp3) is 0.588. The number of carbonyl (C=O) groups is 1. The van der Waals surface area contributed by atoms with Gasteiger partial charge in [-0.25, -0.2) is 0 Å². The lowest BCUT2D eigenvalue weighted by atomic mass is 10.0. The summed E-state index contributed by atoms with van der Waals surface area (Å²) >= 11 is 0. The highest BCUT2D eigenvalue weighted by atomic mass is 19.4. The molecule has 4 nitrogen and oxygen atoms in total. The highest BCUT2D eigenvalue weighted by molar-refractivity contribution is 5.84. The molecule has 1 amide bonds. The van der Waals surface area contributed by atoms with E-state index in [4.69, 9.17) is 4.74 Å². The van der Waals surface area contributed by atoms with Crippen molar-refractivity contribution >= 4 is 5.91 Å². The Morgan fingerprint density at radius 2 is 1.96 bits per heavy atom. The minimum Gasteiger partial charge on any atom is -0.497 e. The monoisotopic (exact) mass is 344 g/mol. The first-order valence-electron chi connectivity index (χ1n) is 7.91. The van der Waals surface area contributed by atoms with Crippen molar-refractivity contribution in [1.29, 1.82) is 0 Å². The molecule has 134 valence electrons. The molecule has 0 spiro atoms. The summed E-state index contributed by atoms with van der Waals surface area (Å²) in [6, 6.07) is 7.20. The minimum absolute atomic E-state index is 0.0400. The standard InChI is InChI=1S/C17H23F3N2O2/c1-12(10-13-4-6-14(24-3)7-5-13)21(2)15-8-9-22(16(15)23)11-17(18,19)20/h4-7,12,15H,8-11H2,1-3H3. The predicted octanol–water partition coefficient (Wildman–Crippen LogP) is 2.72. The first-order chi connectivity index (χ1) is 11.2. The number of likely N-dealkylation sites (N-methyl/N-ethyl adjacent to an activating group) is 1. The molecule has 0 aliphatic carbocycles. The molecule has 0 saturated carbocycles. The van der Waals surface area contributed by atoms with Gasteiger partial charge in [0.25, 0.3) is 0 Å². The van der Waals surface area contributed by atoms with Crippen molar-refractivity contribution in [3.63, 3.8) is 0 Å². The summed E-state index contributed by atoms with van der Waals surface area (Å²) in [7, 11) is 3.40. The third kappa shape index (κ3) is 4.63. The number of alkyl halides is 3. The second-order valence-corrected chi connectivity index (χ2v) is 6.25. The van der Waals surface area contributed by atoms with Crippen LogP contribution in [0, 0.1) is 0 Å². The molecule has 1 heterocycles. The number of likely N-dealkylation sites (tertiary alicyclic amines) is 1. The van der Waals surface area contributed by atoms with Gasteiger partial charge in [0.1, 0.15) is 12.3 Å². The average molecular weight is 344 g/mol. The molecule has 1 aliphatic heterocycles. The van der Waals surface area contributed by atoms with Gasteiger partial charge < -0.3 is 9.64 Å². The van der Waals surface area contributed by atoms with E-state index >= 15 is 0 Å². The summed E-state index contributed by atoms with van der Waals surface area (Å²) in [5.74, 6) is 0.338. The zero-order chi connectivity index (χ0) is 17.9. The van der Waals surface area contributed by atoms with E-state index in [1.54, 1.807) is 14.2 Å². The quantitative estimate of drug-likeness (QED) is 0.795. The van der Waals surface area contributed by atoms with Crippen molar-refractivity contribution in [3.8, 4) is 5.75 Å². The third-order valence-corrected chi connectivity index (χ3v) is 4.52. The van der Waals surface area contributed by atoms with E-state index in [0.29, 0.717) is 12.8 Å². The van der Waals surface area contributed by atoms with Crippen LogP contribution in [0.15, 0.2) is 24.3 Å². The normalized spacial score (nSPS) is 19.9. The van der Waals surface area contributed by atoms with Crippen LogP contribution >= 0.6 is 0 Å². The zero-order valence-electron chi connectivity index (χ0n) is 14.1. The summed E-state index contributed by atoms with van der Waals surface area (Å²) in [6.07, 6.45) is -3.21. The molecule has 0 N–H and O–H groups in total. The molecule has 0 radical (unpaired) electrons. The van der Waals surface area contributed by atoms with Gasteiger partial charge in [-0.15, -0.1) is 0 Å². The number of hydrogen-bond acceptors (Lipinski definition) is 3. The molecule has 1 aromatic carbocycles.